The summed E-state index contributed by atoms with van der Waals surface area (Å²) in [5, 5.41) is 2.59. The Morgan fingerprint density at radius 3 is 2.02 bits per heavy atom. The van der Waals surface area contributed by atoms with E-state index in [2.05, 4.69) is 100 Å². The van der Waals surface area contributed by atoms with Gasteiger partial charge in [0.1, 0.15) is 30.9 Å². The molecule has 2 aliphatic heterocycles. The van der Waals surface area contributed by atoms with Crippen LogP contribution in [0, 0.1) is 0 Å². The van der Waals surface area contributed by atoms with Gasteiger partial charge in [-0.05, 0) is 28.5 Å². The van der Waals surface area contributed by atoms with Crippen molar-refractivity contribution in [2.45, 2.75) is 30.3 Å². The third kappa shape index (κ3) is 5.03. The van der Waals surface area contributed by atoms with E-state index in [1.54, 1.807) is 12.5 Å². The van der Waals surface area contributed by atoms with Crippen LogP contribution in [0.1, 0.15) is 52.0 Å². The van der Waals surface area contributed by atoms with Crippen molar-refractivity contribution >= 4 is 18.6 Å². The van der Waals surface area contributed by atoms with Crippen molar-refractivity contribution in [2.75, 3.05) is 0 Å². The van der Waals surface area contributed by atoms with Crippen molar-refractivity contribution in [3.8, 4) is 0 Å². The van der Waals surface area contributed by atoms with Crippen LogP contribution in [0.3, 0.4) is 0 Å². The molecule has 2 atom stereocenters. The van der Waals surface area contributed by atoms with Gasteiger partial charge in [-0.15, -0.1) is 0 Å². The Hall–Kier alpha value is -4.30. The number of aromatic nitrogens is 2. The number of fused-ring (bicyclic) bond motifs is 2. The van der Waals surface area contributed by atoms with Crippen molar-refractivity contribution in [2.24, 2.45) is 0 Å². The number of nitrogens with zero attached hydrogens (tertiary/aromatic N) is 2. The summed E-state index contributed by atoms with van der Waals surface area (Å²) in [6.45, 7) is 0.821. The molecule has 11 heteroatoms. The molecule has 0 N–H and O–H groups in total. The molecule has 222 valence electrons. The molecule has 3 aliphatic rings. The molecule has 9 rings (SSSR count). The Morgan fingerprint density at radius 2 is 1.37 bits per heavy atom. The van der Waals surface area contributed by atoms with Gasteiger partial charge in [0, 0.05) is 34.1 Å². The summed E-state index contributed by atoms with van der Waals surface area (Å²) in [4.78, 5) is 0. The molecule has 4 nitrogen and oxygen atoms in total. The van der Waals surface area contributed by atoms with E-state index in [4.69, 9.17) is 8.83 Å². The summed E-state index contributed by atoms with van der Waals surface area (Å²) in [6, 6.07) is 28.8. The minimum atomic E-state index is -10.7. The Morgan fingerprint density at radius 1 is 0.767 bits per heavy atom. The quantitative estimate of drug-likeness (QED) is 0.113. The molecule has 0 spiro atoms. The Balaban J connectivity index is 0.000000386. The van der Waals surface area contributed by atoms with Crippen LogP contribution in [0.4, 0.5) is 25.2 Å². The Labute approximate surface area is 242 Å². The standard InChI is InChI=1S/C32H25N2O2.F6P/c1-2-9-26-22(6-1)7-5-8-23(26)19-33-14-15-34-29-18-32(24-12-16-35-20-24,25-13-17-36-21-25)30(31(33)34)28-11-4-3-10-27(28)29;1-7(2,3,4,5)6/h1-17,20-21,29-30H,18-19H2;/q+1;-1/t29-,30+;/m1./s1. The predicted molar refractivity (Wildman–Crippen MR) is 150 cm³/mol. The summed E-state index contributed by atoms with van der Waals surface area (Å²) in [6.07, 6.45) is 13.0. The topological polar surface area (TPSA) is 35.1 Å². The van der Waals surface area contributed by atoms with E-state index in [0.717, 1.165) is 13.0 Å². The third-order valence-corrected chi connectivity index (χ3v) is 8.53. The first-order chi connectivity index (χ1) is 20.3. The van der Waals surface area contributed by atoms with E-state index >= 15 is 0 Å². The van der Waals surface area contributed by atoms with Crippen molar-refractivity contribution < 1.29 is 38.6 Å². The molecule has 3 aromatic heterocycles. The molecule has 5 heterocycles. The van der Waals surface area contributed by atoms with Gasteiger partial charge >= 0.3 is 33.0 Å². The largest absolute Gasteiger partial charge is 0.472 e. The Bertz CT molecular complexity index is 1900. The first-order valence-corrected chi connectivity index (χ1v) is 15.6. The van der Waals surface area contributed by atoms with Gasteiger partial charge in [-0.2, -0.15) is 0 Å². The smallest absolute Gasteiger partial charge is 0.266 e. The van der Waals surface area contributed by atoms with Crippen molar-refractivity contribution in [1.29, 1.82) is 0 Å². The number of hydrogen-bond acceptors (Lipinski definition) is 2. The average Bonchev–Trinajstić information content (AvgIpc) is 3.75. The van der Waals surface area contributed by atoms with E-state index in [-0.39, 0.29) is 17.4 Å². The van der Waals surface area contributed by atoms with Crippen LogP contribution in [0.25, 0.3) is 10.8 Å². The molecule has 3 aromatic carbocycles. The fourth-order valence-corrected chi connectivity index (χ4v) is 7.03. The van der Waals surface area contributed by atoms with E-state index in [9.17, 15) is 25.2 Å². The van der Waals surface area contributed by atoms with Gasteiger partial charge in [-0.3, -0.25) is 0 Å². The van der Waals surface area contributed by atoms with E-state index in [0.29, 0.717) is 0 Å². The van der Waals surface area contributed by atoms with Gasteiger partial charge in [0.2, 0.25) is 0 Å². The zero-order chi connectivity index (χ0) is 30.1. The second-order valence-corrected chi connectivity index (χ2v) is 13.0. The van der Waals surface area contributed by atoms with Crippen LogP contribution in [0.5, 0.6) is 0 Å². The predicted octanol–water partition coefficient (Wildman–Crippen LogP) is 9.97. The van der Waals surface area contributed by atoms with Crippen LogP contribution in [0.2, 0.25) is 0 Å². The SMILES string of the molecule is F[P-](F)(F)(F)(F)F.c1ccc2c(c1)[C@H]1c3n(Cc4cccc5ccccc45)cc[n+]3[C@@H]2CC1(c1ccoc1)c1ccoc1. The number of hydrogen-bond donors (Lipinski definition) is 0. The fourth-order valence-electron chi connectivity index (χ4n) is 7.03. The van der Waals surface area contributed by atoms with E-state index in [1.807, 2.05) is 12.5 Å². The summed E-state index contributed by atoms with van der Waals surface area (Å²) in [7, 11) is -10.7. The van der Waals surface area contributed by atoms with E-state index in [1.165, 1.54) is 44.4 Å². The normalized spacial score (nSPS) is 20.0. The third-order valence-electron chi connectivity index (χ3n) is 8.53. The number of benzene rings is 3. The van der Waals surface area contributed by atoms with Crippen molar-refractivity contribution in [3.63, 3.8) is 0 Å². The second kappa shape index (κ2) is 8.86. The van der Waals surface area contributed by atoms with Crippen LogP contribution < -0.4 is 4.57 Å². The average molecular weight is 615 g/mol. The molecule has 0 saturated carbocycles. The number of halogens is 6. The first kappa shape index (κ1) is 27.5. The molecule has 0 amide bonds. The van der Waals surface area contributed by atoms with Crippen molar-refractivity contribution in [3.05, 3.63) is 150 Å². The second-order valence-electron chi connectivity index (χ2n) is 11.1. The molecule has 0 saturated heterocycles. The number of rotatable bonds is 4. The van der Waals surface area contributed by atoms with Gasteiger partial charge in [0.25, 0.3) is 5.82 Å². The minimum Gasteiger partial charge on any atom is -0.472 e. The van der Waals surface area contributed by atoms with Gasteiger partial charge in [-0.1, -0.05) is 66.7 Å². The minimum absolute atomic E-state index is 0.124. The van der Waals surface area contributed by atoms with Crippen molar-refractivity contribution in [1.82, 2.24) is 4.57 Å². The summed E-state index contributed by atoms with van der Waals surface area (Å²) in [5.41, 5.74) is 6.29. The summed E-state index contributed by atoms with van der Waals surface area (Å²) >= 11 is 0. The molecule has 0 fully saturated rings. The number of imidazole rings is 1. The van der Waals surface area contributed by atoms with Gasteiger partial charge in [0.05, 0.1) is 25.1 Å². The molecular formula is C32H25F6N2O2P. The summed E-state index contributed by atoms with van der Waals surface area (Å²) in [5.74, 6) is 1.46. The number of furan rings is 2. The monoisotopic (exact) mass is 614 g/mol. The maximum atomic E-state index is 9.87. The maximum absolute atomic E-state index is 10.7. The molecule has 6 aromatic rings. The van der Waals surface area contributed by atoms with Crippen LogP contribution in [-0.2, 0) is 12.0 Å². The van der Waals surface area contributed by atoms with Gasteiger partial charge in [-0.25, -0.2) is 9.13 Å². The molecule has 0 radical (unpaired) electrons. The van der Waals surface area contributed by atoms with Crippen LogP contribution >= 0.6 is 7.81 Å². The first-order valence-electron chi connectivity index (χ1n) is 13.6. The molecular weight excluding hydrogens is 589 g/mol. The molecule has 0 unspecified atom stereocenters. The van der Waals surface area contributed by atoms with E-state index < -0.39 is 7.81 Å². The van der Waals surface area contributed by atoms with Crippen LogP contribution in [-0.4, -0.2) is 4.57 Å². The molecule has 2 bridgehead atoms. The molecule has 1 aliphatic carbocycles. The van der Waals surface area contributed by atoms with Crippen LogP contribution in [0.15, 0.2) is 125 Å². The Kier molecular flexibility index (Phi) is 5.67. The summed E-state index contributed by atoms with van der Waals surface area (Å²) < 4.78 is 75.5. The molecule has 43 heavy (non-hydrogen) atoms. The zero-order valence-electron chi connectivity index (χ0n) is 22.5. The zero-order valence-corrected chi connectivity index (χ0v) is 23.4. The van der Waals surface area contributed by atoms with Gasteiger partial charge < -0.3 is 8.83 Å². The maximum Gasteiger partial charge on any atom is 0.266 e. The fraction of sp³-hybridized carbons (Fsp3) is 0.156. The van der Waals surface area contributed by atoms with Gasteiger partial charge in [0.15, 0.2) is 0 Å².